The number of hydrogen-bond donors (Lipinski definition) is 2. The molecule has 112 valence electrons. The Balaban J connectivity index is 1.97. The Kier molecular flexibility index (Phi) is 4.52. The van der Waals surface area contributed by atoms with Gasteiger partial charge in [0.05, 0.1) is 4.90 Å². The van der Waals surface area contributed by atoms with Crippen molar-refractivity contribution in [3.05, 3.63) is 29.8 Å². The summed E-state index contributed by atoms with van der Waals surface area (Å²) < 4.78 is 27.0. The third kappa shape index (κ3) is 4.30. The van der Waals surface area contributed by atoms with E-state index in [1.807, 2.05) is 12.1 Å². The molecule has 20 heavy (non-hydrogen) atoms. The number of nitrogens with one attached hydrogen (secondary N) is 2. The summed E-state index contributed by atoms with van der Waals surface area (Å²) in [5, 5.41) is 3.31. The first-order chi connectivity index (χ1) is 9.31. The summed E-state index contributed by atoms with van der Waals surface area (Å²) in [6.45, 7) is 7.56. The highest BCUT2D eigenvalue weighted by Crippen LogP contribution is 2.44. The van der Waals surface area contributed by atoms with Crippen molar-refractivity contribution in [2.75, 3.05) is 6.54 Å². The minimum Gasteiger partial charge on any atom is -0.310 e. The molecule has 2 rings (SSSR count). The van der Waals surface area contributed by atoms with Crippen LogP contribution < -0.4 is 10.0 Å². The molecule has 1 fully saturated rings. The lowest BCUT2D eigenvalue weighted by Gasteiger charge is -2.12. The van der Waals surface area contributed by atoms with Crippen LogP contribution in [-0.2, 0) is 16.6 Å². The molecule has 0 unspecified atom stereocenters. The second kappa shape index (κ2) is 5.84. The number of hydrogen-bond acceptors (Lipinski definition) is 3. The lowest BCUT2D eigenvalue weighted by Crippen LogP contribution is -2.29. The highest BCUT2D eigenvalue weighted by atomic mass is 32.2. The minimum absolute atomic E-state index is 0.175. The van der Waals surface area contributed by atoms with E-state index in [-0.39, 0.29) is 5.41 Å². The lowest BCUT2D eigenvalue weighted by molar-refractivity contribution is 0.530. The second-order valence-electron chi connectivity index (χ2n) is 6.31. The molecule has 1 aromatic carbocycles. The van der Waals surface area contributed by atoms with Gasteiger partial charge in [-0.25, -0.2) is 13.1 Å². The summed E-state index contributed by atoms with van der Waals surface area (Å²) in [4.78, 5) is 0.343. The van der Waals surface area contributed by atoms with Crippen molar-refractivity contribution in [2.45, 2.75) is 51.1 Å². The van der Waals surface area contributed by atoms with Crippen LogP contribution in [0, 0.1) is 5.41 Å². The van der Waals surface area contributed by atoms with Crippen LogP contribution in [0.5, 0.6) is 0 Å². The molecule has 0 amide bonds. The van der Waals surface area contributed by atoms with Crippen LogP contribution in [0.2, 0.25) is 0 Å². The second-order valence-corrected chi connectivity index (χ2v) is 8.08. The van der Waals surface area contributed by atoms with Crippen molar-refractivity contribution >= 4 is 10.0 Å². The maximum Gasteiger partial charge on any atom is 0.240 e. The zero-order chi connectivity index (χ0) is 14.8. The number of rotatable bonds is 7. The van der Waals surface area contributed by atoms with E-state index in [2.05, 4.69) is 30.8 Å². The van der Waals surface area contributed by atoms with Gasteiger partial charge < -0.3 is 5.32 Å². The molecule has 0 bridgehead atoms. The van der Waals surface area contributed by atoms with Gasteiger partial charge in [-0.1, -0.05) is 32.9 Å². The molecule has 0 radical (unpaired) electrons. The highest BCUT2D eigenvalue weighted by molar-refractivity contribution is 7.89. The first kappa shape index (κ1) is 15.5. The molecule has 0 atom stereocenters. The molecule has 1 aliphatic rings. The van der Waals surface area contributed by atoms with Gasteiger partial charge in [-0.05, 0) is 36.0 Å². The SMILES string of the molecule is CC(C)NCc1ccc(S(=O)(=O)NCC2(C)CC2)cc1. The molecule has 0 saturated heterocycles. The van der Waals surface area contributed by atoms with Gasteiger partial charge in [-0.2, -0.15) is 0 Å². The van der Waals surface area contributed by atoms with E-state index in [0.717, 1.165) is 24.9 Å². The van der Waals surface area contributed by atoms with Crippen LogP contribution in [0.15, 0.2) is 29.2 Å². The van der Waals surface area contributed by atoms with Crippen molar-refractivity contribution in [3.8, 4) is 0 Å². The standard InChI is InChI=1S/C15H24N2O2S/c1-12(2)16-10-13-4-6-14(7-5-13)20(18,19)17-11-15(3)8-9-15/h4-7,12,16-17H,8-11H2,1-3H3. The average Bonchev–Trinajstić information content (AvgIpc) is 3.13. The lowest BCUT2D eigenvalue weighted by atomic mass is 10.2. The maximum atomic E-state index is 12.2. The highest BCUT2D eigenvalue weighted by Gasteiger charge is 2.38. The third-order valence-electron chi connectivity index (χ3n) is 3.74. The fraction of sp³-hybridized carbons (Fsp3) is 0.600. The fourth-order valence-corrected chi connectivity index (χ4v) is 3.05. The maximum absolute atomic E-state index is 12.2. The zero-order valence-electron chi connectivity index (χ0n) is 12.4. The molecule has 0 spiro atoms. The minimum atomic E-state index is -3.37. The Morgan fingerprint density at radius 1 is 1.20 bits per heavy atom. The van der Waals surface area contributed by atoms with Crippen molar-refractivity contribution < 1.29 is 8.42 Å². The van der Waals surface area contributed by atoms with E-state index in [1.165, 1.54) is 0 Å². The molecule has 2 N–H and O–H groups in total. The van der Waals surface area contributed by atoms with Gasteiger partial charge in [-0.15, -0.1) is 0 Å². The summed E-state index contributed by atoms with van der Waals surface area (Å²) in [6.07, 6.45) is 2.21. The predicted octanol–water partition coefficient (Wildman–Crippen LogP) is 2.26. The van der Waals surface area contributed by atoms with Crippen LogP contribution in [-0.4, -0.2) is 21.0 Å². The van der Waals surface area contributed by atoms with E-state index in [1.54, 1.807) is 12.1 Å². The van der Waals surface area contributed by atoms with E-state index >= 15 is 0 Å². The molecule has 4 nitrogen and oxygen atoms in total. The van der Waals surface area contributed by atoms with Gasteiger partial charge in [0.2, 0.25) is 10.0 Å². The molecular formula is C15H24N2O2S. The smallest absolute Gasteiger partial charge is 0.240 e. The zero-order valence-corrected chi connectivity index (χ0v) is 13.3. The fourth-order valence-electron chi connectivity index (χ4n) is 1.85. The Morgan fingerprint density at radius 3 is 2.30 bits per heavy atom. The van der Waals surface area contributed by atoms with Crippen LogP contribution in [0.4, 0.5) is 0 Å². The van der Waals surface area contributed by atoms with Crippen molar-refractivity contribution in [2.24, 2.45) is 5.41 Å². The number of benzene rings is 1. The topological polar surface area (TPSA) is 58.2 Å². The van der Waals surface area contributed by atoms with Crippen LogP contribution in [0.3, 0.4) is 0 Å². The van der Waals surface area contributed by atoms with Gasteiger partial charge in [0.1, 0.15) is 0 Å². The summed E-state index contributed by atoms with van der Waals surface area (Å²) in [5.41, 5.74) is 1.26. The molecule has 1 aliphatic carbocycles. The van der Waals surface area contributed by atoms with Crippen molar-refractivity contribution in [1.82, 2.24) is 10.0 Å². The molecule has 0 aliphatic heterocycles. The van der Waals surface area contributed by atoms with Gasteiger partial charge in [0, 0.05) is 19.1 Å². The Hall–Kier alpha value is -0.910. The Labute approximate surface area is 122 Å². The summed E-state index contributed by atoms with van der Waals surface area (Å²) in [5.74, 6) is 0. The Bertz CT molecular complexity index is 546. The normalized spacial score (nSPS) is 17.4. The number of sulfonamides is 1. The molecule has 1 aromatic rings. The molecule has 1 saturated carbocycles. The van der Waals surface area contributed by atoms with E-state index in [9.17, 15) is 8.42 Å². The van der Waals surface area contributed by atoms with Gasteiger partial charge in [0.25, 0.3) is 0 Å². The van der Waals surface area contributed by atoms with Crippen molar-refractivity contribution in [3.63, 3.8) is 0 Å². The van der Waals surface area contributed by atoms with Gasteiger partial charge in [-0.3, -0.25) is 0 Å². The van der Waals surface area contributed by atoms with E-state index < -0.39 is 10.0 Å². The molecule has 0 aromatic heterocycles. The van der Waals surface area contributed by atoms with Crippen LogP contribution in [0.25, 0.3) is 0 Å². The van der Waals surface area contributed by atoms with Gasteiger partial charge >= 0.3 is 0 Å². The van der Waals surface area contributed by atoms with Crippen LogP contribution in [0.1, 0.15) is 39.2 Å². The summed E-state index contributed by atoms with van der Waals surface area (Å²) in [6, 6.07) is 7.49. The molecular weight excluding hydrogens is 272 g/mol. The molecule has 5 heteroatoms. The van der Waals surface area contributed by atoms with Crippen molar-refractivity contribution in [1.29, 1.82) is 0 Å². The summed E-state index contributed by atoms with van der Waals surface area (Å²) >= 11 is 0. The quantitative estimate of drug-likeness (QED) is 0.811. The first-order valence-electron chi connectivity index (χ1n) is 7.13. The average molecular weight is 296 g/mol. The third-order valence-corrected chi connectivity index (χ3v) is 5.16. The summed E-state index contributed by atoms with van der Waals surface area (Å²) in [7, 11) is -3.37. The molecule has 0 heterocycles. The van der Waals surface area contributed by atoms with Gasteiger partial charge in [0.15, 0.2) is 0 Å². The first-order valence-corrected chi connectivity index (χ1v) is 8.61. The monoisotopic (exact) mass is 296 g/mol. The largest absolute Gasteiger partial charge is 0.310 e. The predicted molar refractivity (Wildman–Crippen MR) is 80.9 cm³/mol. The van der Waals surface area contributed by atoms with Crippen LogP contribution >= 0.6 is 0 Å². The van der Waals surface area contributed by atoms with E-state index in [0.29, 0.717) is 17.5 Å². The Morgan fingerprint density at radius 2 is 1.80 bits per heavy atom. The van der Waals surface area contributed by atoms with E-state index in [4.69, 9.17) is 0 Å².